The fourth-order valence-corrected chi connectivity index (χ4v) is 1.59. The summed E-state index contributed by atoms with van der Waals surface area (Å²) in [4.78, 5) is 11.5. The monoisotopic (exact) mass is 211 g/mol. The zero-order valence-electron chi connectivity index (χ0n) is 8.57. The molecular weight excluding hydrogens is 194 g/mol. The van der Waals surface area contributed by atoms with Gasteiger partial charge in [0.15, 0.2) is 0 Å². The van der Waals surface area contributed by atoms with Crippen LogP contribution in [0.15, 0.2) is 23.1 Å². The van der Waals surface area contributed by atoms with Gasteiger partial charge in [-0.15, -0.1) is 0 Å². The second-order valence-electron chi connectivity index (χ2n) is 3.52. The third kappa shape index (κ3) is 3.58. The molecule has 3 heteroatoms. The Bertz CT molecular complexity index is 332. The van der Waals surface area contributed by atoms with Crippen molar-refractivity contribution in [2.24, 2.45) is 0 Å². The summed E-state index contributed by atoms with van der Waals surface area (Å²) in [6.07, 6.45) is 5.20. The van der Waals surface area contributed by atoms with Crippen molar-refractivity contribution in [2.45, 2.75) is 32.7 Å². The molecule has 0 aliphatic carbocycles. The molecule has 0 aliphatic rings. The first-order valence-corrected chi connectivity index (χ1v) is 5.65. The topological polar surface area (TPSA) is 22.0 Å². The molecule has 14 heavy (non-hydrogen) atoms. The van der Waals surface area contributed by atoms with Crippen LogP contribution in [0.3, 0.4) is 0 Å². The van der Waals surface area contributed by atoms with Gasteiger partial charge in [-0.25, -0.2) is 0 Å². The summed E-state index contributed by atoms with van der Waals surface area (Å²) < 4.78 is 1.77. The average molecular weight is 211 g/mol. The molecule has 1 heterocycles. The number of pyridine rings is 1. The average Bonchev–Trinajstić information content (AvgIpc) is 2.15. The highest BCUT2D eigenvalue weighted by Crippen LogP contribution is 1.99. The first kappa shape index (κ1) is 11.4. The summed E-state index contributed by atoms with van der Waals surface area (Å²) in [6.45, 7) is 2.76. The molecule has 0 spiro atoms. The number of hydrogen-bond donors (Lipinski definition) is 1. The lowest BCUT2D eigenvalue weighted by Gasteiger charge is -2.04. The van der Waals surface area contributed by atoms with Gasteiger partial charge in [0.25, 0.3) is 5.56 Å². The highest BCUT2D eigenvalue weighted by atomic mass is 32.1. The third-order valence-electron chi connectivity index (χ3n) is 2.21. The van der Waals surface area contributed by atoms with Crippen LogP contribution in [0.4, 0.5) is 0 Å². The van der Waals surface area contributed by atoms with Crippen LogP contribution in [-0.2, 0) is 6.54 Å². The Labute approximate surface area is 90.4 Å². The Hall–Kier alpha value is -0.700. The molecule has 0 N–H and O–H groups in total. The Morgan fingerprint density at radius 2 is 2.14 bits per heavy atom. The van der Waals surface area contributed by atoms with E-state index < -0.39 is 0 Å². The lowest BCUT2D eigenvalue weighted by molar-refractivity contribution is 0.589. The van der Waals surface area contributed by atoms with Gasteiger partial charge < -0.3 is 4.57 Å². The Balaban J connectivity index is 2.47. The predicted octanol–water partition coefficient (Wildman–Crippen LogP) is 2.26. The van der Waals surface area contributed by atoms with Crippen molar-refractivity contribution in [3.63, 3.8) is 0 Å². The van der Waals surface area contributed by atoms with E-state index in [1.165, 1.54) is 0 Å². The Kier molecular flexibility index (Phi) is 4.80. The Morgan fingerprint density at radius 1 is 1.36 bits per heavy atom. The minimum absolute atomic E-state index is 0.107. The lowest BCUT2D eigenvalue weighted by Crippen LogP contribution is -2.18. The molecule has 0 fully saturated rings. The molecule has 0 saturated heterocycles. The summed E-state index contributed by atoms with van der Waals surface area (Å²) >= 11 is 4.15. The molecule has 0 saturated carbocycles. The van der Waals surface area contributed by atoms with Crippen molar-refractivity contribution < 1.29 is 0 Å². The quantitative estimate of drug-likeness (QED) is 0.585. The molecule has 1 aromatic heterocycles. The van der Waals surface area contributed by atoms with Gasteiger partial charge in [0.2, 0.25) is 0 Å². The molecule has 0 aromatic carbocycles. The largest absolute Gasteiger partial charge is 0.316 e. The van der Waals surface area contributed by atoms with Crippen molar-refractivity contribution in [1.29, 1.82) is 0 Å². The number of unbranched alkanes of at least 4 members (excludes halogenated alkanes) is 2. The minimum Gasteiger partial charge on any atom is -0.316 e. The van der Waals surface area contributed by atoms with E-state index in [2.05, 4.69) is 12.6 Å². The zero-order valence-corrected chi connectivity index (χ0v) is 9.46. The van der Waals surface area contributed by atoms with Gasteiger partial charge in [0, 0.05) is 18.8 Å². The molecule has 1 rings (SSSR count). The van der Waals surface area contributed by atoms with Gasteiger partial charge in [-0.1, -0.05) is 6.42 Å². The minimum atomic E-state index is 0.107. The highest BCUT2D eigenvalue weighted by Gasteiger charge is 1.95. The van der Waals surface area contributed by atoms with Crippen molar-refractivity contribution in [3.8, 4) is 0 Å². The fraction of sp³-hybridized carbons (Fsp3) is 0.545. The van der Waals surface area contributed by atoms with Crippen LogP contribution in [0.5, 0.6) is 0 Å². The zero-order chi connectivity index (χ0) is 10.4. The SMILES string of the molecule is Cc1ccn(CCCCCS)c(=O)c1. The van der Waals surface area contributed by atoms with E-state index in [-0.39, 0.29) is 5.56 Å². The Morgan fingerprint density at radius 3 is 2.79 bits per heavy atom. The molecule has 2 nitrogen and oxygen atoms in total. The number of aromatic nitrogens is 1. The van der Waals surface area contributed by atoms with E-state index in [9.17, 15) is 4.79 Å². The summed E-state index contributed by atoms with van der Waals surface area (Å²) in [7, 11) is 0. The van der Waals surface area contributed by atoms with Crippen LogP contribution in [0.1, 0.15) is 24.8 Å². The molecule has 78 valence electrons. The fourth-order valence-electron chi connectivity index (χ4n) is 1.36. The lowest BCUT2D eigenvalue weighted by atomic mass is 10.2. The maximum Gasteiger partial charge on any atom is 0.250 e. The summed E-state index contributed by atoms with van der Waals surface area (Å²) in [5.41, 5.74) is 1.14. The van der Waals surface area contributed by atoms with Crippen LogP contribution in [-0.4, -0.2) is 10.3 Å². The summed E-state index contributed by atoms with van der Waals surface area (Å²) in [5, 5.41) is 0. The van der Waals surface area contributed by atoms with Gasteiger partial charge in [-0.05, 0) is 37.1 Å². The van der Waals surface area contributed by atoms with Crippen molar-refractivity contribution in [3.05, 3.63) is 34.2 Å². The van der Waals surface area contributed by atoms with E-state index in [0.29, 0.717) is 0 Å². The first-order valence-electron chi connectivity index (χ1n) is 5.02. The molecule has 0 atom stereocenters. The smallest absolute Gasteiger partial charge is 0.250 e. The van der Waals surface area contributed by atoms with E-state index in [1.54, 1.807) is 10.6 Å². The van der Waals surface area contributed by atoms with Crippen LogP contribution in [0.25, 0.3) is 0 Å². The number of nitrogens with zero attached hydrogens (tertiary/aromatic N) is 1. The van der Waals surface area contributed by atoms with E-state index >= 15 is 0 Å². The molecule has 0 aliphatic heterocycles. The van der Waals surface area contributed by atoms with E-state index in [4.69, 9.17) is 0 Å². The third-order valence-corrected chi connectivity index (χ3v) is 2.52. The van der Waals surface area contributed by atoms with Crippen molar-refractivity contribution in [2.75, 3.05) is 5.75 Å². The van der Waals surface area contributed by atoms with Crippen LogP contribution in [0.2, 0.25) is 0 Å². The highest BCUT2D eigenvalue weighted by molar-refractivity contribution is 7.80. The van der Waals surface area contributed by atoms with Crippen molar-refractivity contribution >= 4 is 12.6 Å². The maximum absolute atomic E-state index is 11.5. The standard InChI is InChI=1S/C11H17NOS/c1-10-5-7-12(11(13)9-10)6-3-2-4-8-14/h5,7,9,14H,2-4,6,8H2,1H3. The normalized spacial score (nSPS) is 10.4. The molecule has 1 aromatic rings. The summed E-state index contributed by atoms with van der Waals surface area (Å²) in [5.74, 6) is 0.933. The molecular formula is C11H17NOS. The second-order valence-corrected chi connectivity index (χ2v) is 3.97. The molecule has 0 radical (unpaired) electrons. The molecule has 0 amide bonds. The van der Waals surface area contributed by atoms with Gasteiger partial charge in [-0.3, -0.25) is 4.79 Å². The van der Waals surface area contributed by atoms with E-state index in [0.717, 1.165) is 37.1 Å². The van der Waals surface area contributed by atoms with Gasteiger partial charge >= 0.3 is 0 Å². The van der Waals surface area contributed by atoms with Crippen LogP contribution >= 0.6 is 12.6 Å². The summed E-state index contributed by atoms with van der Waals surface area (Å²) in [6, 6.07) is 3.65. The van der Waals surface area contributed by atoms with Crippen LogP contribution in [0, 0.1) is 6.92 Å². The molecule has 0 bridgehead atoms. The van der Waals surface area contributed by atoms with Gasteiger partial charge in [-0.2, -0.15) is 12.6 Å². The van der Waals surface area contributed by atoms with Gasteiger partial charge in [0.1, 0.15) is 0 Å². The number of aryl methyl sites for hydroxylation is 2. The number of thiol groups is 1. The first-order chi connectivity index (χ1) is 6.74. The van der Waals surface area contributed by atoms with Gasteiger partial charge in [0.05, 0.1) is 0 Å². The van der Waals surface area contributed by atoms with Crippen molar-refractivity contribution in [1.82, 2.24) is 4.57 Å². The number of rotatable bonds is 5. The van der Waals surface area contributed by atoms with Crippen LogP contribution < -0.4 is 5.56 Å². The predicted molar refractivity (Wildman–Crippen MR) is 63.1 cm³/mol. The second kappa shape index (κ2) is 5.91. The molecule has 0 unspecified atom stereocenters. The number of hydrogen-bond acceptors (Lipinski definition) is 2. The maximum atomic E-state index is 11.5. The van der Waals surface area contributed by atoms with E-state index in [1.807, 2.05) is 19.2 Å².